The zero-order valence-corrected chi connectivity index (χ0v) is 12.5. The number of hydrogen-bond acceptors (Lipinski definition) is 2. The van der Waals surface area contributed by atoms with Crippen LogP contribution in [0, 0.1) is 20.8 Å². The van der Waals surface area contributed by atoms with Gasteiger partial charge in [-0.15, -0.1) is 0 Å². The second kappa shape index (κ2) is 7.42. The van der Waals surface area contributed by atoms with E-state index in [1.807, 2.05) is 0 Å². The molecule has 1 aromatic carbocycles. The van der Waals surface area contributed by atoms with Gasteiger partial charge < -0.3 is 10.1 Å². The largest absolute Gasteiger partial charge is 0.489 e. The minimum atomic E-state index is 0.210. The van der Waals surface area contributed by atoms with Crippen LogP contribution < -0.4 is 10.1 Å². The summed E-state index contributed by atoms with van der Waals surface area (Å²) in [7, 11) is 0. The lowest BCUT2D eigenvalue weighted by Crippen LogP contribution is -2.29. The van der Waals surface area contributed by atoms with Gasteiger partial charge in [0.2, 0.25) is 0 Å². The third-order valence-corrected chi connectivity index (χ3v) is 3.23. The lowest BCUT2D eigenvalue weighted by atomic mass is 10.1. The van der Waals surface area contributed by atoms with E-state index in [2.05, 4.69) is 52.1 Å². The summed E-state index contributed by atoms with van der Waals surface area (Å²) in [6.45, 7) is 12.7. The number of benzene rings is 1. The van der Waals surface area contributed by atoms with Gasteiger partial charge in [-0.3, -0.25) is 0 Å². The van der Waals surface area contributed by atoms with Crippen molar-refractivity contribution in [3.8, 4) is 5.75 Å². The zero-order chi connectivity index (χ0) is 13.5. The molecule has 1 atom stereocenters. The van der Waals surface area contributed by atoms with Gasteiger partial charge >= 0.3 is 0 Å². The van der Waals surface area contributed by atoms with Crippen LogP contribution in [-0.4, -0.2) is 19.2 Å². The number of ether oxygens (including phenoxy) is 1. The molecule has 1 aromatic rings. The molecule has 0 saturated carbocycles. The van der Waals surface area contributed by atoms with Crippen LogP contribution >= 0.6 is 0 Å². The van der Waals surface area contributed by atoms with Gasteiger partial charge in [-0.2, -0.15) is 0 Å². The summed E-state index contributed by atoms with van der Waals surface area (Å²) < 4.78 is 6.02. The molecular weight excluding hydrogens is 222 g/mol. The lowest BCUT2D eigenvalue weighted by Gasteiger charge is -2.18. The van der Waals surface area contributed by atoms with Crippen LogP contribution in [0.4, 0.5) is 0 Å². The third-order valence-electron chi connectivity index (χ3n) is 3.23. The summed E-state index contributed by atoms with van der Waals surface area (Å²) in [5.41, 5.74) is 3.82. The second-order valence-electron chi connectivity index (χ2n) is 5.19. The minimum Gasteiger partial charge on any atom is -0.489 e. The van der Waals surface area contributed by atoms with Crippen molar-refractivity contribution in [2.24, 2.45) is 0 Å². The van der Waals surface area contributed by atoms with Crippen LogP contribution in [0.25, 0.3) is 0 Å². The first-order valence-corrected chi connectivity index (χ1v) is 6.99. The van der Waals surface area contributed by atoms with Crippen molar-refractivity contribution < 1.29 is 4.74 Å². The third kappa shape index (κ3) is 4.69. The zero-order valence-electron chi connectivity index (χ0n) is 12.5. The molecule has 1 N–H and O–H groups in total. The molecule has 0 aromatic heterocycles. The molecule has 1 rings (SSSR count). The smallest absolute Gasteiger partial charge is 0.123 e. The van der Waals surface area contributed by atoms with E-state index in [1.54, 1.807) is 0 Å². The Bertz CT molecular complexity index is 374. The van der Waals surface area contributed by atoms with Gasteiger partial charge in [0, 0.05) is 6.54 Å². The van der Waals surface area contributed by atoms with E-state index in [4.69, 9.17) is 4.74 Å². The minimum absolute atomic E-state index is 0.210. The summed E-state index contributed by atoms with van der Waals surface area (Å²) in [4.78, 5) is 0. The van der Waals surface area contributed by atoms with Crippen molar-refractivity contribution in [3.63, 3.8) is 0 Å². The second-order valence-corrected chi connectivity index (χ2v) is 5.19. The summed E-state index contributed by atoms with van der Waals surface area (Å²) in [5, 5.41) is 3.43. The fourth-order valence-electron chi connectivity index (χ4n) is 1.99. The summed E-state index contributed by atoms with van der Waals surface area (Å²) >= 11 is 0. The lowest BCUT2D eigenvalue weighted by molar-refractivity contribution is 0.215. The Morgan fingerprint density at radius 3 is 2.61 bits per heavy atom. The standard InChI is InChI=1S/C16H27NO/c1-6-7-8-17-11-14(4)18-16-10-12(2)9-13(3)15(16)5/h9-10,14,17H,6-8,11H2,1-5H3. The highest BCUT2D eigenvalue weighted by molar-refractivity contribution is 5.42. The molecule has 0 spiro atoms. The van der Waals surface area contributed by atoms with E-state index in [0.29, 0.717) is 0 Å². The molecule has 0 aliphatic heterocycles. The predicted octanol–water partition coefficient (Wildman–Crippen LogP) is 3.77. The van der Waals surface area contributed by atoms with Crippen LogP contribution in [0.5, 0.6) is 5.75 Å². The van der Waals surface area contributed by atoms with Crippen LogP contribution in [0.3, 0.4) is 0 Å². The maximum Gasteiger partial charge on any atom is 0.123 e. The van der Waals surface area contributed by atoms with Crippen molar-refractivity contribution in [2.75, 3.05) is 13.1 Å². The van der Waals surface area contributed by atoms with E-state index in [9.17, 15) is 0 Å². The molecule has 102 valence electrons. The number of aryl methyl sites for hydroxylation is 2. The monoisotopic (exact) mass is 249 g/mol. The highest BCUT2D eigenvalue weighted by Gasteiger charge is 2.08. The Morgan fingerprint density at radius 2 is 1.94 bits per heavy atom. The molecule has 0 amide bonds. The fourth-order valence-corrected chi connectivity index (χ4v) is 1.99. The topological polar surface area (TPSA) is 21.3 Å². The maximum absolute atomic E-state index is 6.02. The van der Waals surface area contributed by atoms with Gasteiger partial charge in [-0.05, 0) is 63.4 Å². The first-order valence-electron chi connectivity index (χ1n) is 6.99. The van der Waals surface area contributed by atoms with Gasteiger partial charge in [0.05, 0.1) is 0 Å². The molecule has 2 nitrogen and oxygen atoms in total. The van der Waals surface area contributed by atoms with E-state index < -0.39 is 0 Å². The van der Waals surface area contributed by atoms with Crippen molar-refractivity contribution in [1.82, 2.24) is 5.32 Å². The quantitative estimate of drug-likeness (QED) is 0.743. The number of nitrogens with one attached hydrogen (secondary N) is 1. The highest BCUT2D eigenvalue weighted by Crippen LogP contribution is 2.24. The normalized spacial score (nSPS) is 12.5. The molecule has 0 heterocycles. The average Bonchev–Trinajstić information content (AvgIpc) is 2.31. The summed E-state index contributed by atoms with van der Waals surface area (Å²) in [6, 6.07) is 4.33. The highest BCUT2D eigenvalue weighted by atomic mass is 16.5. The van der Waals surface area contributed by atoms with Crippen molar-refractivity contribution >= 4 is 0 Å². The van der Waals surface area contributed by atoms with E-state index in [0.717, 1.165) is 18.8 Å². The van der Waals surface area contributed by atoms with Gasteiger partial charge in [-0.1, -0.05) is 19.4 Å². The Balaban J connectivity index is 2.51. The number of hydrogen-bond donors (Lipinski definition) is 1. The molecule has 18 heavy (non-hydrogen) atoms. The van der Waals surface area contributed by atoms with Gasteiger partial charge in [0.1, 0.15) is 11.9 Å². The van der Waals surface area contributed by atoms with E-state index in [-0.39, 0.29) is 6.10 Å². The van der Waals surface area contributed by atoms with Gasteiger partial charge in [-0.25, -0.2) is 0 Å². The average molecular weight is 249 g/mol. The molecular formula is C16H27NO. The van der Waals surface area contributed by atoms with E-state index >= 15 is 0 Å². The van der Waals surface area contributed by atoms with Crippen LogP contribution in [0.2, 0.25) is 0 Å². The van der Waals surface area contributed by atoms with E-state index in [1.165, 1.54) is 29.5 Å². The van der Waals surface area contributed by atoms with Crippen LogP contribution in [-0.2, 0) is 0 Å². The Kier molecular flexibility index (Phi) is 6.20. The molecule has 0 aliphatic rings. The first kappa shape index (κ1) is 15.0. The van der Waals surface area contributed by atoms with Crippen molar-refractivity contribution in [1.29, 1.82) is 0 Å². The summed E-state index contributed by atoms with van der Waals surface area (Å²) in [5.74, 6) is 1.03. The van der Waals surface area contributed by atoms with Gasteiger partial charge in [0.15, 0.2) is 0 Å². The number of rotatable bonds is 7. The molecule has 0 aliphatic carbocycles. The van der Waals surface area contributed by atoms with Crippen LogP contribution in [0.1, 0.15) is 43.4 Å². The molecule has 0 radical (unpaired) electrons. The first-order chi connectivity index (χ1) is 8.54. The Hall–Kier alpha value is -1.02. The predicted molar refractivity (Wildman–Crippen MR) is 78.5 cm³/mol. The Morgan fingerprint density at radius 1 is 1.22 bits per heavy atom. The maximum atomic E-state index is 6.02. The summed E-state index contributed by atoms with van der Waals surface area (Å²) in [6.07, 6.45) is 2.68. The van der Waals surface area contributed by atoms with Crippen LogP contribution in [0.15, 0.2) is 12.1 Å². The fraction of sp³-hybridized carbons (Fsp3) is 0.625. The molecule has 0 bridgehead atoms. The number of unbranched alkanes of at least 4 members (excludes halogenated alkanes) is 1. The Labute approximate surface area is 112 Å². The van der Waals surface area contributed by atoms with Crippen molar-refractivity contribution in [3.05, 3.63) is 28.8 Å². The molecule has 1 unspecified atom stereocenters. The molecule has 2 heteroatoms. The SMILES string of the molecule is CCCCNCC(C)Oc1cc(C)cc(C)c1C. The molecule has 0 fully saturated rings. The van der Waals surface area contributed by atoms with Crippen molar-refractivity contribution in [2.45, 2.75) is 53.6 Å². The van der Waals surface area contributed by atoms with Gasteiger partial charge in [0.25, 0.3) is 0 Å². The molecule has 0 saturated heterocycles.